The van der Waals surface area contributed by atoms with Crippen LogP contribution in [0.4, 0.5) is 5.69 Å². The first kappa shape index (κ1) is 21.7. The fourth-order valence-electron chi connectivity index (χ4n) is 3.17. The number of benzene rings is 2. The van der Waals surface area contributed by atoms with Gasteiger partial charge in [-0.15, -0.1) is 11.3 Å². The first-order chi connectivity index (χ1) is 14.5. The van der Waals surface area contributed by atoms with Gasteiger partial charge in [-0.1, -0.05) is 63.2 Å². The molecular weight excluding hydrogens is 396 g/mol. The zero-order valence-electron chi connectivity index (χ0n) is 17.5. The first-order valence-corrected chi connectivity index (χ1v) is 11.1. The zero-order valence-corrected chi connectivity index (χ0v) is 18.3. The SMILES string of the molecule is CCc1ccc(-c2nc(C(=O)OCC(=O)Nc3c(CC)cccc3CC)cs2)cc1. The molecule has 1 heterocycles. The minimum absolute atomic E-state index is 0.213. The molecule has 1 N–H and O–H groups in total. The second-order valence-corrected chi connectivity index (χ2v) is 7.73. The normalized spacial score (nSPS) is 10.6. The summed E-state index contributed by atoms with van der Waals surface area (Å²) in [5, 5.41) is 5.30. The Hall–Kier alpha value is -2.99. The van der Waals surface area contributed by atoms with Gasteiger partial charge in [0.05, 0.1) is 0 Å². The average Bonchev–Trinajstić information content (AvgIpc) is 3.28. The molecule has 0 atom stereocenters. The molecule has 0 saturated heterocycles. The van der Waals surface area contributed by atoms with E-state index in [9.17, 15) is 9.59 Å². The molecule has 0 saturated carbocycles. The van der Waals surface area contributed by atoms with Gasteiger partial charge in [-0.2, -0.15) is 0 Å². The minimum atomic E-state index is -0.600. The van der Waals surface area contributed by atoms with Crippen LogP contribution in [0, 0.1) is 0 Å². The fourth-order valence-corrected chi connectivity index (χ4v) is 3.96. The van der Waals surface area contributed by atoms with Crippen LogP contribution in [0.25, 0.3) is 10.6 Å². The lowest BCUT2D eigenvalue weighted by Crippen LogP contribution is -2.22. The zero-order chi connectivity index (χ0) is 21.5. The Labute approximate surface area is 181 Å². The lowest BCUT2D eigenvalue weighted by molar-refractivity contribution is -0.119. The molecule has 30 heavy (non-hydrogen) atoms. The van der Waals surface area contributed by atoms with E-state index in [0.717, 1.165) is 46.6 Å². The van der Waals surface area contributed by atoms with Crippen molar-refractivity contribution in [2.24, 2.45) is 0 Å². The van der Waals surface area contributed by atoms with Gasteiger partial charge in [-0.3, -0.25) is 4.79 Å². The summed E-state index contributed by atoms with van der Waals surface area (Å²) in [4.78, 5) is 29.1. The Morgan fingerprint density at radius 2 is 1.63 bits per heavy atom. The number of carbonyl (C=O) groups excluding carboxylic acids is 2. The number of anilines is 1. The summed E-state index contributed by atoms with van der Waals surface area (Å²) in [7, 11) is 0. The van der Waals surface area contributed by atoms with E-state index in [1.54, 1.807) is 5.38 Å². The number of hydrogen-bond donors (Lipinski definition) is 1. The van der Waals surface area contributed by atoms with Gasteiger partial charge >= 0.3 is 5.97 Å². The van der Waals surface area contributed by atoms with Crippen molar-refractivity contribution in [2.75, 3.05) is 11.9 Å². The third kappa shape index (κ3) is 5.13. The quantitative estimate of drug-likeness (QED) is 0.501. The monoisotopic (exact) mass is 422 g/mol. The predicted octanol–water partition coefficient (Wildman–Crippen LogP) is 5.29. The molecule has 0 spiro atoms. The number of thiazole rings is 1. The number of ether oxygens (including phenoxy) is 1. The van der Waals surface area contributed by atoms with Gasteiger partial charge < -0.3 is 10.1 Å². The van der Waals surface area contributed by atoms with Crippen LogP contribution in [-0.2, 0) is 28.8 Å². The molecule has 2 aromatic carbocycles. The summed E-state index contributed by atoms with van der Waals surface area (Å²) in [6, 6.07) is 14.1. The highest BCUT2D eigenvalue weighted by Gasteiger charge is 2.16. The number of para-hydroxylation sites is 1. The van der Waals surface area contributed by atoms with Crippen molar-refractivity contribution < 1.29 is 14.3 Å². The molecule has 6 heteroatoms. The van der Waals surface area contributed by atoms with E-state index < -0.39 is 5.97 Å². The second-order valence-electron chi connectivity index (χ2n) is 6.87. The largest absolute Gasteiger partial charge is 0.451 e. The number of hydrogen-bond acceptors (Lipinski definition) is 5. The molecule has 0 radical (unpaired) electrons. The smallest absolute Gasteiger partial charge is 0.358 e. The molecule has 0 aliphatic carbocycles. The second kappa shape index (κ2) is 10.2. The van der Waals surface area contributed by atoms with Gasteiger partial charge in [0, 0.05) is 16.6 Å². The summed E-state index contributed by atoms with van der Waals surface area (Å²) in [6.07, 6.45) is 2.59. The Balaban J connectivity index is 1.61. The number of aryl methyl sites for hydroxylation is 3. The summed E-state index contributed by atoms with van der Waals surface area (Å²) >= 11 is 1.38. The number of esters is 1. The predicted molar refractivity (Wildman–Crippen MR) is 121 cm³/mol. The van der Waals surface area contributed by atoms with Gasteiger partial charge in [0.1, 0.15) is 5.01 Å². The molecule has 0 aliphatic rings. The van der Waals surface area contributed by atoms with Gasteiger partial charge in [0.2, 0.25) is 0 Å². The van der Waals surface area contributed by atoms with Crippen LogP contribution >= 0.6 is 11.3 Å². The summed E-state index contributed by atoms with van der Waals surface area (Å²) in [6.45, 7) is 5.84. The van der Waals surface area contributed by atoms with Crippen molar-refractivity contribution in [3.05, 3.63) is 70.2 Å². The lowest BCUT2D eigenvalue weighted by Gasteiger charge is -2.14. The maximum absolute atomic E-state index is 12.4. The maximum atomic E-state index is 12.4. The number of aromatic nitrogens is 1. The van der Waals surface area contributed by atoms with Crippen molar-refractivity contribution in [3.8, 4) is 10.6 Å². The van der Waals surface area contributed by atoms with E-state index in [-0.39, 0.29) is 18.2 Å². The molecule has 0 aliphatic heterocycles. The number of nitrogens with one attached hydrogen (secondary N) is 1. The van der Waals surface area contributed by atoms with E-state index >= 15 is 0 Å². The van der Waals surface area contributed by atoms with Crippen molar-refractivity contribution in [2.45, 2.75) is 40.0 Å². The molecule has 5 nitrogen and oxygen atoms in total. The van der Waals surface area contributed by atoms with Crippen molar-refractivity contribution in [3.63, 3.8) is 0 Å². The molecule has 3 rings (SSSR count). The molecule has 1 amide bonds. The van der Waals surface area contributed by atoms with Gasteiger partial charge in [-0.25, -0.2) is 9.78 Å². The number of rotatable bonds is 8. The van der Waals surface area contributed by atoms with Crippen LogP contribution in [0.1, 0.15) is 48.0 Å². The highest BCUT2D eigenvalue weighted by atomic mass is 32.1. The van der Waals surface area contributed by atoms with Gasteiger partial charge in [0.25, 0.3) is 5.91 Å². The number of amides is 1. The maximum Gasteiger partial charge on any atom is 0.358 e. The lowest BCUT2D eigenvalue weighted by atomic mass is 10.0. The van der Waals surface area contributed by atoms with Gasteiger partial charge in [-0.05, 0) is 36.0 Å². The van der Waals surface area contributed by atoms with Crippen LogP contribution < -0.4 is 5.32 Å². The highest BCUT2D eigenvalue weighted by Crippen LogP contribution is 2.25. The van der Waals surface area contributed by atoms with Crippen LogP contribution in [0.5, 0.6) is 0 Å². The molecule has 156 valence electrons. The third-order valence-electron chi connectivity index (χ3n) is 4.92. The van der Waals surface area contributed by atoms with E-state index in [2.05, 4.69) is 29.4 Å². The average molecular weight is 423 g/mol. The highest BCUT2D eigenvalue weighted by molar-refractivity contribution is 7.13. The van der Waals surface area contributed by atoms with Crippen LogP contribution in [0.15, 0.2) is 47.8 Å². The summed E-state index contributed by atoms with van der Waals surface area (Å²) in [5.41, 5.74) is 5.36. The Morgan fingerprint density at radius 3 is 2.23 bits per heavy atom. The Morgan fingerprint density at radius 1 is 0.967 bits per heavy atom. The minimum Gasteiger partial charge on any atom is -0.451 e. The van der Waals surface area contributed by atoms with Crippen LogP contribution in [-0.4, -0.2) is 23.5 Å². The molecule has 0 bridgehead atoms. The fraction of sp³-hybridized carbons (Fsp3) is 0.292. The van der Waals surface area contributed by atoms with Crippen LogP contribution in [0.2, 0.25) is 0 Å². The van der Waals surface area contributed by atoms with Crippen molar-refractivity contribution >= 4 is 28.9 Å². The Bertz CT molecular complexity index is 1000. The van der Waals surface area contributed by atoms with E-state index in [0.29, 0.717) is 0 Å². The number of carbonyl (C=O) groups is 2. The standard InChI is InChI=1S/C24H26N2O3S/c1-4-16-10-12-19(13-11-16)23-25-20(15-30-23)24(28)29-14-21(27)26-22-17(5-2)8-7-9-18(22)6-3/h7-13,15H,4-6,14H2,1-3H3,(H,26,27). The first-order valence-electron chi connectivity index (χ1n) is 10.2. The van der Waals surface area contributed by atoms with E-state index in [1.165, 1.54) is 16.9 Å². The molecule has 1 aromatic heterocycles. The summed E-state index contributed by atoms with van der Waals surface area (Å²) < 4.78 is 5.19. The molecule has 0 fully saturated rings. The van der Waals surface area contributed by atoms with Gasteiger partial charge in [0.15, 0.2) is 12.3 Å². The van der Waals surface area contributed by atoms with E-state index in [4.69, 9.17) is 4.74 Å². The Kier molecular flexibility index (Phi) is 7.36. The van der Waals surface area contributed by atoms with Crippen LogP contribution in [0.3, 0.4) is 0 Å². The molecule has 3 aromatic rings. The summed E-state index contributed by atoms with van der Waals surface area (Å²) in [5.74, 6) is -0.957. The topological polar surface area (TPSA) is 68.3 Å². The number of nitrogens with zero attached hydrogens (tertiary/aromatic N) is 1. The van der Waals surface area contributed by atoms with E-state index in [1.807, 2.05) is 44.2 Å². The molecule has 0 unspecified atom stereocenters. The third-order valence-corrected chi connectivity index (χ3v) is 5.81. The van der Waals surface area contributed by atoms with Crippen molar-refractivity contribution in [1.29, 1.82) is 0 Å². The van der Waals surface area contributed by atoms with Crippen molar-refractivity contribution in [1.82, 2.24) is 4.98 Å². The molecular formula is C24H26N2O3S.